The predicted octanol–water partition coefficient (Wildman–Crippen LogP) is 6.74. The normalized spacial score (nSPS) is 15.8. The van der Waals surface area contributed by atoms with E-state index >= 15 is 0 Å². The van der Waals surface area contributed by atoms with Crippen LogP contribution < -0.4 is 10.2 Å². The molecule has 8 heteroatoms. The van der Waals surface area contributed by atoms with Crippen LogP contribution in [0, 0.1) is 13.8 Å². The first kappa shape index (κ1) is 21.7. The van der Waals surface area contributed by atoms with Crippen molar-refractivity contribution in [1.82, 2.24) is 14.8 Å². The summed E-state index contributed by atoms with van der Waals surface area (Å²) in [5.74, 6) is 2.96. The Labute approximate surface area is 218 Å². The smallest absolute Gasteiger partial charge is 0.179 e. The predicted molar refractivity (Wildman–Crippen MR) is 150 cm³/mol. The molecule has 7 rings (SSSR count). The summed E-state index contributed by atoms with van der Waals surface area (Å²) >= 11 is 1.73. The maximum absolute atomic E-state index is 5.24. The lowest BCUT2D eigenvalue weighted by Crippen LogP contribution is -2.46. The number of nitrogens with one attached hydrogen (secondary N) is 1. The number of aryl methyl sites for hydroxylation is 2. The molecule has 0 spiro atoms. The van der Waals surface area contributed by atoms with Crippen molar-refractivity contribution in [3.8, 4) is 5.82 Å². The number of hydrogen-bond acceptors (Lipinski definition) is 7. The average molecular weight is 502 g/mol. The van der Waals surface area contributed by atoms with Crippen LogP contribution in [0.5, 0.6) is 0 Å². The topological polar surface area (TPSA) is 70.7 Å². The summed E-state index contributed by atoms with van der Waals surface area (Å²) in [7, 11) is 0. The minimum absolute atomic E-state index is 0.106. The molecule has 37 heavy (non-hydrogen) atoms. The molecule has 2 aromatic carbocycles. The van der Waals surface area contributed by atoms with Crippen molar-refractivity contribution in [3.63, 3.8) is 0 Å². The average Bonchev–Trinajstić information content (AvgIpc) is 3.57. The van der Waals surface area contributed by atoms with Crippen molar-refractivity contribution in [3.05, 3.63) is 112 Å². The molecular formula is C29H23N7S. The largest absolute Gasteiger partial charge is 0.337 e. The molecule has 1 N–H and O–H groups in total. The number of pyridine rings is 1. The molecular weight excluding hydrogens is 478 g/mol. The number of benzene rings is 2. The minimum Gasteiger partial charge on any atom is -0.337 e. The van der Waals surface area contributed by atoms with E-state index in [-0.39, 0.29) is 6.04 Å². The number of aliphatic imine (C=N–C) groups is 2. The fourth-order valence-electron chi connectivity index (χ4n) is 5.01. The third kappa shape index (κ3) is 3.56. The van der Waals surface area contributed by atoms with Gasteiger partial charge in [0, 0.05) is 22.3 Å². The molecule has 0 amide bonds. The summed E-state index contributed by atoms with van der Waals surface area (Å²) in [6.45, 7) is 4.14. The van der Waals surface area contributed by atoms with Gasteiger partial charge in [-0.25, -0.2) is 15.0 Å². The second-order valence-electron chi connectivity index (χ2n) is 9.09. The summed E-state index contributed by atoms with van der Waals surface area (Å²) < 4.78 is 1.85. The highest BCUT2D eigenvalue weighted by Gasteiger charge is 2.41. The van der Waals surface area contributed by atoms with E-state index < -0.39 is 0 Å². The van der Waals surface area contributed by atoms with Gasteiger partial charge in [0.25, 0.3) is 0 Å². The summed E-state index contributed by atoms with van der Waals surface area (Å²) in [4.78, 5) is 18.4. The van der Waals surface area contributed by atoms with Gasteiger partial charge in [0.05, 0.1) is 17.1 Å². The third-order valence-electron chi connectivity index (χ3n) is 6.60. The zero-order valence-corrected chi connectivity index (χ0v) is 21.1. The zero-order valence-electron chi connectivity index (χ0n) is 20.3. The fourth-order valence-corrected chi connectivity index (χ4v) is 5.84. The lowest BCUT2D eigenvalue weighted by molar-refractivity contribution is 0.820. The van der Waals surface area contributed by atoms with Gasteiger partial charge in [-0.3, -0.25) is 0 Å². The molecule has 5 aromatic rings. The van der Waals surface area contributed by atoms with Crippen molar-refractivity contribution in [2.75, 3.05) is 10.2 Å². The summed E-state index contributed by atoms with van der Waals surface area (Å²) in [6, 6.07) is 26.5. The van der Waals surface area contributed by atoms with Crippen LogP contribution in [-0.2, 0) is 0 Å². The molecule has 180 valence electrons. The van der Waals surface area contributed by atoms with E-state index in [0.717, 1.165) is 45.8 Å². The van der Waals surface area contributed by atoms with E-state index in [2.05, 4.69) is 76.9 Å². The van der Waals surface area contributed by atoms with Crippen LogP contribution in [0.15, 0.2) is 100 Å². The molecule has 2 aliphatic heterocycles. The van der Waals surface area contributed by atoms with Crippen LogP contribution in [-0.4, -0.2) is 26.4 Å². The highest BCUT2D eigenvalue weighted by molar-refractivity contribution is 7.10. The SMILES string of the molecule is Cc1cccc(NC2=Nc3ccccc3N3C2=Nc2c(c(C)nn2-c2ccccn2)C3c2cccs2)c1. The number of aromatic nitrogens is 3. The quantitative estimate of drug-likeness (QED) is 0.297. The number of hydrogen-bond donors (Lipinski definition) is 1. The third-order valence-corrected chi connectivity index (χ3v) is 7.52. The van der Waals surface area contributed by atoms with Crippen LogP contribution in [0.4, 0.5) is 22.9 Å². The maximum Gasteiger partial charge on any atom is 0.179 e. The fraction of sp³-hybridized carbons (Fsp3) is 0.103. The molecule has 7 nitrogen and oxygen atoms in total. The van der Waals surface area contributed by atoms with E-state index in [1.54, 1.807) is 17.5 Å². The highest BCUT2D eigenvalue weighted by Crippen LogP contribution is 2.48. The molecule has 0 fully saturated rings. The molecule has 1 atom stereocenters. The van der Waals surface area contributed by atoms with Gasteiger partial charge in [-0.2, -0.15) is 9.78 Å². The number of thiophene rings is 1. The van der Waals surface area contributed by atoms with E-state index in [9.17, 15) is 0 Å². The van der Waals surface area contributed by atoms with Crippen LogP contribution in [0.25, 0.3) is 5.82 Å². The van der Waals surface area contributed by atoms with Crippen LogP contribution in [0.2, 0.25) is 0 Å². The molecule has 0 saturated carbocycles. The molecule has 0 bridgehead atoms. The first-order valence-corrected chi connectivity index (χ1v) is 13.0. The summed E-state index contributed by atoms with van der Waals surface area (Å²) in [6.07, 6.45) is 1.78. The van der Waals surface area contributed by atoms with Crippen LogP contribution >= 0.6 is 11.3 Å². The molecule has 5 heterocycles. The van der Waals surface area contributed by atoms with Crippen LogP contribution in [0.3, 0.4) is 0 Å². The Balaban J connectivity index is 1.49. The second-order valence-corrected chi connectivity index (χ2v) is 10.1. The van der Waals surface area contributed by atoms with Gasteiger partial charge in [-0.15, -0.1) is 11.3 Å². The summed E-state index contributed by atoms with van der Waals surface area (Å²) in [5.41, 5.74) is 6.06. The Morgan fingerprint density at radius 3 is 2.59 bits per heavy atom. The van der Waals surface area contributed by atoms with Crippen molar-refractivity contribution in [2.24, 2.45) is 9.98 Å². The van der Waals surface area contributed by atoms with Crippen molar-refractivity contribution < 1.29 is 0 Å². The maximum atomic E-state index is 5.24. The molecule has 3 aromatic heterocycles. The van der Waals surface area contributed by atoms with E-state index in [1.165, 1.54) is 10.4 Å². The van der Waals surface area contributed by atoms with Gasteiger partial charge in [0.1, 0.15) is 6.04 Å². The first-order valence-electron chi connectivity index (χ1n) is 12.1. The summed E-state index contributed by atoms with van der Waals surface area (Å²) in [5, 5.41) is 10.6. The van der Waals surface area contributed by atoms with Gasteiger partial charge < -0.3 is 10.2 Å². The lowest BCUT2D eigenvalue weighted by Gasteiger charge is -2.40. The molecule has 0 aliphatic carbocycles. The Morgan fingerprint density at radius 2 is 1.78 bits per heavy atom. The van der Waals surface area contributed by atoms with Crippen molar-refractivity contribution in [2.45, 2.75) is 19.9 Å². The van der Waals surface area contributed by atoms with E-state index in [1.807, 2.05) is 41.1 Å². The monoisotopic (exact) mass is 501 g/mol. The minimum atomic E-state index is -0.106. The van der Waals surface area contributed by atoms with Gasteiger partial charge in [-0.1, -0.05) is 36.4 Å². The Kier molecular flexibility index (Phi) is 5.00. The van der Waals surface area contributed by atoms with E-state index in [4.69, 9.17) is 15.1 Å². The van der Waals surface area contributed by atoms with Crippen LogP contribution in [0.1, 0.15) is 27.7 Å². The molecule has 2 aliphatic rings. The van der Waals surface area contributed by atoms with Gasteiger partial charge in [0.15, 0.2) is 23.3 Å². The first-order chi connectivity index (χ1) is 18.2. The number of rotatable bonds is 3. The highest BCUT2D eigenvalue weighted by atomic mass is 32.1. The number of anilines is 2. The number of fused-ring (bicyclic) bond motifs is 4. The van der Waals surface area contributed by atoms with E-state index in [0.29, 0.717) is 5.84 Å². The van der Waals surface area contributed by atoms with Crippen molar-refractivity contribution >= 4 is 45.9 Å². The molecule has 0 saturated heterocycles. The molecule has 1 unspecified atom stereocenters. The van der Waals surface area contributed by atoms with Gasteiger partial charge in [-0.05, 0) is 67.3 Å². The Bertz CT molecular complexity index is 1680. The Morgan fingerprint density at radius 1 is 0.892 bits per heavy atom. The standard InChI is InChI=1S/C29H23N7S/c1-18-9-7-10-20(17-18)31-27-29-33-28-25(19(2)34-36(28)24-14-5-6-15-30-24)26(23-13-8-16-37-23)35(29)22-12-4-3-11-21(22)32-27/h3-17,26H,1-2H3,(H,31,32). The lowest BCUT2D eigenvalue weighted by atomic mass is 9.98. The Hall–Kier alpha value is -4.56. The zero-order chi connectivity index (χ0) is 24.9. The van der Waals surface area contributed by atoms with Gasteiger partial charge >= 0.3 is 0 Å². The van der Waals surface area contributed by atoms with Crippen molar-refractivity contribution in [1.29, 1.82) is 0 Å². The van der Waals surface area contributed by atoms with Gasteiger partial charge in [0.2, 0.25) is 0 Å². The second kappa shape index (κ2) is 8.53. The number of nitrogens with zero attached hydrogens (tertiary/aromatic N) is 6. The number of para-hydroxylation sites is 2. The molecule has 0 radical (unpaired) electrons. The number of amidine groups is 2.